The molecular formula is C23H32N2O3. The van der Waals surface area contributed by atoms with Crippen LogP contribution in [0.5, 0.6) is 11.5 Å². The van der Waals surface area contributed by atoms with E-state index in [9.17, 15) is 4.79 Å². The number of aryl methyl sites for hydroxylation is 2. The Morgan fingerprint density at radius 1 is 1.00 bits per heavy atom. The second kappa shape index (κ2) is 11.2. The van der Waals surface area contributed by atoms with Gasteiger partial charge in [-0.2, -0.15) is 0 Å². The van der Waals surface area contributed by atoms with Crippen LogP contribution in [0.2, 0.25) is 0 Å². The molecule has 0 aliphatic rings. The van der Waals surface area contributed by atoms with Crippen molar-refractivity contribution < 1.29 is 14.3 Å². The van der Waals surface area contributed by atoms with Crippen molar-refractivity contribution in [3.63, 3.8) is 0 Å². The molecule has 2 aromatic rings. The van der Waals surface area contributed by atoms with Crippen molar-refractivity contribution in [2.75, 3.05) is 25.6 Å². The Labute approximate surface area is 168 Å². The molecule has 0 saturated heterocycles. The fourth-order valence-corrected chi connectivity index (χ4v) is 3.03. The zero-order valence-corrected chi connectivity index (χ0v) is 17.4. The van der Waals surface area contributed by atoms with Gasteiger partial charge in [-0.15, -0.1) is 0 Å². The summed E-state index contributed by atoms with van der Waals surface area (Å²) in [5, 5.41) is 5.84. The van der Waals surface area contributed by atoms with Crippen LogP contribution in [0.25, 0.3) is 0 Å². The van der Waals surface area contributed by atoms with Crippen LogP contribution in [-0.4, -0.2) is 26.3 Å². The Morgan fingerprint density at radius 2 is 1.75 bits per heavy atom. The molecule has 0 bridgehead atoms. The number of hydrogen-bond acceptors (Lipinski definition) is 3. The molecule has 152 valence electrons. The molecule has 2 rings (SSSR count). The van der Waals surface area contributed by atoms with Crippen LogP contribution in [0.15, 0.2) is 36.4 Å². The molecule has 0 spiro atoms. The number of urea groups is 1. The Kier molecular flexibility index (Phi) is 8.66. The monoisotopic (exact) mass is 384 g/mol. The van der Waals surface area contributed by atoms with E-state index in [2.05, 4.69) is 29.7 Å². The predicted molar refractivity (Wildman–Crippen MR) is 115 cm³/mol. The van der Waals surface area contributed by atoms with Gasteiger partial charge in [-0.3, -0.25) is 0 Å². The van der Waals surface area contributed by atoms with Crippen molar-refractivity contribution in [3.05, 3.63) is 53.1 Å². The van der Waals surface area contributed by atoms with Crippen LogP contribution in [-0.2, 0) is 12.8 Å². The molecule has 2 N–H and O–H groups in total. The standard InChI is InChI=1S/C23H32N2O3/c1-5-7-8-18-9-11-20(17(3)15-18)25-23(26)24-14-13-19-10-12-21(28-6-2)22(16-19)27-4/h9-12,15-16H,5-8,13-14H2,1-4H3,(H2,24,25,26). The molecule has 5 nitrogen and oxygen atoms in total. The third-order valence-electron chi connectivity index (χ3n) is 4.59. The first-order valence-electron chi connectivity index (χ1n) is 10.0. The summed E-state index contributed by atoms with van der Waals surface area (Å²) in [4.78, 5) is 12.2. The molecule has 0 atom stereocenters. The summed E-state index contributed by atoms with van der Waals surface area (Å²) in [6, 6.07) is 11.9. The molecular weight excluding hydrogens is 352 g/mol. The van der Waals surface area contributed by atoms with E-state index in [1.54, 1.807) is 7.11 Å². The Bertz CT molecular complexity index is 774. The van der Waals surface area contributed by atoms with Crippen LogP contribution >= 0.6 is 0 Å². The lowest BCUT2D eigenvalue weighted by atomic mass is 10.0. The van der Waals surface area contributed by atoms with Crippen LogP contribution in [0.4, 0.5) is 10.5 Å². The second-order valence-electron chi connectivity index (χ2n) is 6.80. The molecule has 0 heterocycles. The number of hydrogen-bond donors (Lipinski definition) is 2. The number of benzene rings is 2. The van der Waals surface area contributed by atoms with Crippen molar-refractivity contribution in [3.8, 4) is 11.5 Å². The molecule has 28 heavy (non-hydrogen) atoms. The average Bonchev–Trinajstić information content (AvgIpc) is 2.69. The van der Waals surface area contributed by atoms with Gasteiger partial charge >= 0.3 is 6.03 Å². The van der Waals surface area contributed by atoms with E-state index in [4.69, 9.17) is 9.47 Å². The van der Waals surface area contributed by atoms with Gasteiger partial charge in [0.15, 0.2) is 11.5 Å². The molecule has 2 aromatic carbocycles. The lowest BCUT2D eigenvalue weighted by Crippen LogP contribution is -2.30. The third-order valence-corrected chi connectivity index (χ3v) is 4.59. The summed E-state index contributed by atoms with van der Waals surface area (Å²) in [5.41, 5.74) is 4.33. The minimum absolute atomic E-state index is 0.192. The number of amides is 2. The summed E-state index contributed by atoms with van der Waals surface area (Å²) in [5.74, 6) is 1.44. The number of rotatable bonds is 10. The van der Waals surface area contributed by atoms with Gasteiger partial charge in [0.1, 0.15) is 0 Å². The van der Waals surface area contributed by atoms with E-state index >= 15 is 0 Å². The fraction of sp³-hybridized carbons (Fsp3) is 0.435. The van der Waals surface area contributed by atoms with Gasteiger partial charge in [-0.05, 0) is 68.0 Å². The molecule has 0 aliphatic heterocycles. The number of nitrogens with one attached hydrogen (secondary N) is 2. The number of methoxy groups -OCH3 is 1. The van der Waals surface area contributed by atoms with E-state index in [1.165, 1.54) is 18.4 Å². The maximum Gasteiger partial charge on any atom is 0.319 e. The molecule has 0 aliphatic carbocycles. The van der Waals surface area contributed by atoms with Crippen molar-refractivity contribution >= 4 is 11.7 Å². The zero-order chi connectivity index (χ0) is 20.4. The summed E-state index contributed by atoms with van der Waals surface area (Å²) >= 11 is 0. The summed E-state index contributed by atoms with van der Waals surface area (Å²) < 4.78 is 10.9. The Morgan fingerprint density at radius 3 is 2.43 bits per heavy atom. The van der Waals surface area contributed by atoms with Crippen molar-refractivity contribution in [1.82, 2.24) is 5.32 Å². The fourth-order valence-electron chi connectivity index (χ4n) is 3.03. The minimum Gasteiger partial charge on any atom is -0.493 e. The first kappa shape index (κ1) is 21.6. The quantitative estimate of drug-likeness (QED) is 0.598. The first-order valence-corrected chi connectivity index (χ1v) is 10.0. The largest absolute Gasteiger partial charge is 0.493 e. The van der Waals surface area contributed by atoms with Gasteiger partial charge < -0.3 is 20.1 Å². The third kappa shape index (κ3) is 6.48. The highest BCUT2D eigenvalue weighted by atomic mass is 16.5. The highest BCUT2D eigenvalue weighted by Gasteiger charge is 2.07. The minimum atomic E-state index is -0.192. The lowest BCUT2D eigenvalue weighted by Gasteiger charge is -2.13. The molecule has 0 radical (unpaired) electrons. The van der Waals surface area contributed by atoms with Gasteiger partial charge in [-0.1, -0.05) is 31.5 Å². The molecule has 0 unspecified atom stereocenters. The smallest absolute Gasteiger partial charge is 0.319 e. The molecule has 0 aromatic heterocycles. The van der Waals surface area contributed by atoms with Gasteiger partial charge in [0, 0.05) is 12.2 Å². The number of unbranched alkanes of at least 4 members (excludes halogenated alkanes) is 1. The average molecular weight is 385 g/mol. The number of ether oxygens (including phenoxy) is 2. The highest BCUT2D eigenvalue weighted by Crippen LogP contribution is 2.28. The molecule has 0 saturated carbocycles. The topological polar surface area (TPSA) is 59.6 Å². The van der Waals surface area contributed by atoms with Gasteiger partial charge in [-0.25, -0.2) is 4.79 Å². The Balaban J connectivity index is 1.84. The maximum absolute atomic E-state index is 12.2. The van der Waals surface area contributed by atoms with Gasteiger partial charge in [0.25, 0.3) is 0 Å². The van der Waals surface area contributed by atoms with E-state index in [0.717, 1.165) is 29.0 Å². The Hall–Kier alpha value is -2.69. The van der Waals surface area contributed by atoms with Gasteiger partial charge in [0.2, 0.25) is 0 Å². The van der Waals surface area contributed by atoms with Crippen molar-refractivity contribution in [2.24, 2.45) is 0 Å². The van der Waals surface area contributed by atoms with E-state index in [-0.39, 0.29) is 6.03 Å². The summed E-state index contributed by atoms with van der Waals surface area (Å²) in [6.07, 6.45) is 4.16. The number of anilines is 1. The van der Waals surface area contributed by atoms with Crippen LogP contribution in [0.3, 0.4) is 0 Å². The highest BCUT2D eigenvalue weighted by molar-refractivity contribution is 5.90. The molecule has 0 fully saturated rings. The number of carbonyl (C=O) groups is 1. The van der Waals surface area contributed by atoms with E-state index < -0.39 is 0 Å². The predicted octanol–water partition coefficient (Wildman–Crippen LogP) is 5.11. The summed E-state index contributed by atoms with van der Waals surface area (Å²) in [7, 11) is 1.63. The zero-order valence-electron chi connectivity index (χ0n) is 17.4. The van der Waals surface area contributed by atoms with Crippen LogP contribution < -0.4 is 20.1 Å². The van der Waals surface area contributed by atoms with Crippen molar-refractivity contribution in [2.45, 2.75) is 46.5 Å². The second-order valence-corrected chi connectivity index (χ2v) is 6.80. The summed E-state index contributed by atoms with van der Waals surface area (Å²) in [6.45, 7) is 7.29. The number of carbonyl (C=O) groups excluding carboxylic acids is 1. The molecule has 2 amide bonds. The van der Waals surface area contributed by atoms with Crippen LogP contribution in [0.1, 0.15) is 43.4 Å². The SMILES string of the molecule is CCCCc1ccc(NC(=O)NCCc2ccc(OCC)c(OC)c2)c(C)c1. The first-order chi connectivity index (χ1) is 13.6. The van der Waals surface area contributed by atoms with E-state index in [0.29, 0.717) is 25.3 Å². The lowest BCUT2D eigenvalue weighted by molar-refractivity contribution is 0.252. The normalized spacial score (nSPS) is 10.4. The van der Waals surface area contributed by atoms with Gasteiger partial charge in [0.05, 0.1) is 13.7 Å². The maximum atomic E-state index is 12.2. The van der Waals surface area contributed by atoms with E-state index in [1.807, 2.05) is 38.1 Å². The van der Waals surface area contributed by atoms with Crippen LogP contribution in [0, 0.1) is 6.92 Å². The molecule has 5 heteroatoms. The van der Waals surface area contributed by atoms with Crippen molar-refractivity contribution in [1.29, 1.82) is 0 Å².